The van der Waals surface area contributed by atoms with E-state index < -0.39 is 22.5 Å². The van der Waals surface area contributed by atoms with Gasteiger partial charge in [0.25, 0.3) is 0 Å². The van der Waals surface area contributed by atoms with E-state index in [0.717, 1.165) is 44.1 Å². The van der Waals surface area contributed by atoms with Crippen molar-refractivity contribution in [2.75, 3.05) is 0 Å². The first-order valence-electron chi connectivity index (χ1n) is 12.8. The van der Waals surface area contributed by atoms with E-state index in [2.05, 4.69) is 12.2 Å². The molecule has 1 fully saturated rings. The quantitative estimate of drug-likeness (QED) is 0.374. The molecule has 3 atom stereocenters. The average molecular weight is 476 g/mol. The number of ether oxygens (including phenoxy) is 2. The van der Waals surface area contributed by atoms with Crippen molar-refractivity contribution in [2.45, 2.75) is 117 Å². The van der Waals surface area contributed by atoms with Gasteiger partial charge in [-0.3, -0.25) is 4.79 Å². The Morgan fingerprint density at radius 2 is 1.85 bits per heavy atom. The van der Waals surface area contributed by atoms with Crippen LogP contribution in [0.3, 0.4) is 0 Å². The fourth-order valence-electron chi connectivity index (χ4n) is 5.77. The number of alkyl carbamates (subject to hydrolysis) is 1. The number of benzene rings is 1. The van der Waals surface area contributed by atoms with Gasteiger partial charge in [-0.15, -0.1) is 0 Å². The second-order valence-corrected chi connectivity index (χ2v) is 12.1. The first-order chi connectivity index (χ1) is 15.8. The highest BCUT2D eigenvalue weighted by atomic mass is 19.1. The molecule has 2 aliphatic rings. The number of carbonyl (C=O) groups is 2. The molecule has 1 aromatic rings. The Morgan fingerprint density at radius 1 is 1.15 bits per heavy atom. The van der Waals surface area contributed by atoms with Crippen molar-refractivity contribution in [3.05, 3.63) is 29.1 Å². The standard InChI is InChI=1S/C28H42FNO4/c1-8-13-27(5,6)24(31)33-19-16-21-20(22(29)17-19)15-18-12-10-9-11-14-28(21,7)23(18)30-25(32)34-26(2,3)4/h16-18,23H,8-15H2,1-7H3,(H,30,32)/t18-,23-,28+/m0/s1. The third-order valence-corrected chi connectivity index (χ3v) is 7.49. The maximum Gasteiger partial charge on any atom is 0.407 e. The fourth-order valence-corrected chi connectivity index (χ4v) is 5.77. The monoisotopic (exact) mass is 475 g/mol. The summed E-state index contributed by atoms with van der Waals surface area (Å²) in [4.78, 5) is 25.6. The molecule has 2 bridgehead atoms. The van der Waals surface area contributed by atoms with Crippen molar-refractivity contribution in [1.82, 2.24) is 5.32 Å². The molecule has 3 rings (SSSR count). The predicted octanol–water partition coefficient (Wildman–Crippen LogP) is 6.84. The van der Waals surface area contributed by atoms with Crippen LogP contribution in [0.15, 0.2) is 12.1 Å². The zero-order chi connectivity index (χ0) is 25.3. The number of carbonyl (C=O) groups excluding carboxylic acids is 2. The van der Waals surface area contributed by atoms with E-state index in [1.54, 1.807) is 0 Å². The fraction of sp³-hybridized carbons (Fsp3) is 0.714. The van der Waals surface area contributed by atoms with Crippen molar-refractivity contribution >= 4 is 12.1 Å². The molecule has 0 aromatic heterocycles. The first kappa shape index (κ1) is 26.5. The van der Waals surface area contributed by atoms with E-state index in [1.807, 2.05) is 47.6 Å². The van der Waals surface area contributed by atoms with Crippen LogP contribution in [0.5, 0.6) is 5.75 Å². The van der Waals surface area contributed by atoms with Crippen molar-refractivity contribution in [1.29, 1.82) is 0 Å². The zero-order valence-electron chi connectivity index (χ0n) is 22.0. The summed E-state index contributed by atoms with van der Waals surface area (Å²) in [6.45, 7) is 13.4. The number of hydrogen-bond acceptors (Lipinski definition) is 4. The van der Waals surface area contributed by atoms with E-state index in [1.165, 1.54) is 6.07 Å². The highest BCUT2D eigenvalue weighted by Crippen LogP contribution is 2.48. The number of halogens is 1. The Kier molecular flexibility index (Phi) is 7.69. The van der Waals surface area contributed by atoms with Crippen LogP contribution >= 0.6 is 0 Å². The minimum absolute atomic E-state index is 0.122. The molecular formula is C28H42FNO4. The van der Waals surface area contributed by atoms with Crippen molar-refractivity contribution in [3.63, 3.8) is 0 Å². The smallest absolute Gasteiger partial charge is 0.407 e. The van der Waals surface area contributed by atoms with Gasteiger partial charge in [-0.2, -0.15) is 0 Å². The lowest BCUT2D eigenvalue weighted by Gasteiger charge is -2.49. The summed E-state index contributed by atoms with van der Waals surface area (Å²) in [5.41, 5.74) is -0.208. The van der Waals surface area contributed by atoms with E-state index >= 15 is 4.39 Å². The number of esters is 1. The highest BCUT2D eigenvalue weighted by molar-refractivity contribution is 5.78. The van der Waals surface area contributed by atoms with Crippen LogP contribution in [-0.4, -0.2) is 23.7 Å². The Hall–Kier alpha value is -2.11. The summed E-state index contributed by atoms with van der Waals surface area (Å²) in [6, 6.07) is 3.00. The topological polar surface area (TPSA) is 64.6 Å². The van der Waals surface area contributed by atoms with Gasteiger partial charge in [0.05, 0.1) is 5.41 Å². The molecule has 5 nitrogen and oxygen atoms in total. The number of amides is 1. The van der Waals surface area contributed by atoms with E-state index in [-0.39, 0.29) is 29.5 Å². The summed E-state index contributed by atoms with van der Waals surface area (Å²) in [5, 5.41) is 3.16. The molecule has 0 unspecified atom stereocenters. The lowest BCUT2D eigenvalue weighted by Crippen LogP contribution is -2.57. The van der Waals surface area contributed by atoms with E-state index in [9.17, 15) is 9.59 Å². The Bertz CT molecular complexity index is 920. The second kappa shape index (κ2) is 9.87. The van der Waals surface area contributed by atoms with Crippen molar-refractivity contribution in [2.24, 2.45) is 11.3 Å². The normalized spacial score (nSPS) is 24.9. The summed E-state index contributed by atoms with van der Waals surface area (Å²) in [6.07, 6.45) is 6.57. The summed E-state index contributed by atoms with van der Waals surface area (Å²) in [7, 11) is 0. The molecule has 190 valence electrons. The number of fused-ring (bicyclic) bond motifs is 4. The van der Waals surface area contributed by atoms with Crippen molar-refractivity contribution < 1.29 is 23.5 Å². The van der Waals surface area contributed by atoms with Crippen LogP contribution in [-0.2, 0) is 21.4 Å². The van der Waals surface area contributed by atoms with Gasteiger partial charge in [0, 0.05) is 17.5 Å². The van der Waals surface area contributed by atoms with Gasteiger partial charge < -0.3 is 14.8 Å². The molecule has 0 aliphatic heterocycles. The molecule has 6 heteroatoms. The van der Waals surface area contributed by atoms with Gasteiger partial charge in [-0.05, 0) is 83.4 Å². The molecule has 1 saturated carbocycles. The number of hydrogen-bond donors (Lipinski definition) is 1. The average Bonchev–Trinajstić information content (AvgIpc) is 2.69. The van der Waals surface area contributed by atoms with Gasteiger partial charge in [-0.1, -0.05) is 39.5 Å². The largest absolute Gasteiger partial charge is 0.444 e. The summed E-state index contributed by atoms with van der Waals surface area (Å²) in [5.74, 6) is -0.324. The number of rotatable bonds is 5. The molecule has 1 N–H and O–H groups in total. The van der Waals surface area contributed by atoms with Crippen LogP contribution < -0.4 is 10.1 Å². The Balaban J connectivity index is 1.99. The molecule has 0 radical (unpaired) electrons. The van der Waals surface area contributed by atoms with Gasteiger partial charge in [0.15, 0.2) is 0 Å². The lowest BCUT2D eigenvalue weighted by molar-refractivity contribution is -0.144. The minimum Gasteiger partial charge on any atom is -0.444 e. The molecule has 34 heavy (non-hydrogen) atoms. The van der Waals surface area contributed by atoms with Crippen molar-refractivity contribution in [3.8, 4) is 5.75 Å². The Labute approximate surface area is 204 Å². The van der Waals surface area contributed by atoms with Crippen LogP contribution in [0, 0.1) is 17.2 Å². The van der Waals surface area contributed by atoms with Gasteiger partial charge in [0.2, 0.25) is 0 Å². The van der Waals surface area contributed by atoms with Gasteiger partial charge in [0.1, 0.15) is 17.2 Å². The Morgan fingerprint density at radius 3 is 2.50 bits per heavy atom. The summed E-state index contributed by atoms with van der Waals surface area (Å²) < 4.78 is 26.7. The van der Waals surface area contributed by atoms with Gasteiger partial charge >= 0.3 is 12.1 Å². The second-order valence-electron chi connectivity index (χ2n) is 12.1. The van der Waals surface area contributed by atoms with Crippen LogP contribution in [0.25, 0.3) is 0 Å². The van der Waals surface area contributed by atoms with E-state index in [0.29, 0.717) is 18.4 Å². The van der Waals surface area contributed by atoms with Gasteiger partial charge in [-0.25, -0.2) is 9.18 Å². The van der Waals surface area contributed by atoms with Crippen LogP contribution in [0.1, 0.15) is 105 Å². The highest BCUT2D eigenvalue weighted by Gasteiger charge is 2.48. The van der Waals surface area contributed by atoms with Crippen LogP contribution in [0.4, 0.5) is 9.18 Å². The van der Waals surface area contributed by atoms with E-state index in [4.69, 9.17) is 9.47 Å². The first-order valence-corrected chi connectivity index (χ1v) is 12.8. The maximum atomic E-state index is 15.4. The third-order valence-electron chi connectivity index (χ3n) is 7.49. The third kappa shape index (κ3) is 5.75. The zero-order valence-corrected chi connectivity index (χ0v) is 22.0. The molecule has 1 amide bonds. The molecule has 0 saturated heterocycles. The molecule has 1 aromatic carbocycles. The lowest BCUT2D eigenvalue weighted by atomic mass is 9.59. The van der Waals surface area contributed by atoms with Crippen LogP contribution in [0.2, 0.25) is 0 Å². The predicted molar refractivity (Wildman–Crippen MR) is 132 cm³/mol. The molecule has 0 spiro atoms. The molecular weight excluding hydrogens is 433 g/mol. The number of nitrogens with one attached hydrogen (secondary N) is 1. The SMILES string of the molecule is CCCC(C)(C)C(=O)Oc1cc(F)c2c(c1)[C@@]1(C)CCCCC[C@@H](C2)[C@@H]1NC(=O)OC(C)(C)C. The minimum atomic E-state index is -0.642. The molecule has 0 heterocycles. The maximum absolute atomic E-state index is 15.4. The summed E-state index contributed by atoms with van der Waals surface area (Å²) >= 11 is 0. The molecule has 2 aliphatic carbocycles.